The van der Waals surface area contributed by atoms with Crippen molar-refractivity contribution >= 4 is 35.0 Å². The van der Waals surface area contributed by atoms with Crippen LogP contribution < -0.4 is 5.73 Å². The number of hydrogen-bond acceptors (Lipinski definition) is 3. The molecule has 0 spiro atoms. The summed E-state index contributed by atoms with van der Waals surface area (Å²) >= 11 is 11.8. The van der Waals surface area contributed by atoms with Crippen LogP contribution in [0.15, 0.2) is 18.2 Å². The highest BCUT2D eigenvalue weighted by Crippen LogP contribution is 2.26. The maximum absolute atomic E-state index is 12.3. The number of rotatable bonds is 4. The molecule has 5 nitrogen and oxygen atoms in total. The van der Waals surface area contributed by atoms with Crippen LogP contribution in [0.4, 0.5) is 0 Å². The minimum Gasteiger partial charge on any atom is -0.388 e. The summed E-state index contributed by atoms with van der Waals surface area (Å²) in [6.45, 7) is 0.892. The van der Waals surface area contributed by atoms with Crippen molar-refractivity contribution in [3.63, 3.8) is 0 Å². The zero-order chi connectivity index (χ0) is 16.3. The fraction of sp³-hybridized carbons (Fsp3) is 0.467. The topological polar surface area (TPSA) is 83.6 Å². The quantitative estimate of drug-likeness (QED) is 0.877. The molecule has 0 bridgehead atoms. The van der Waals surface area contributed by atoms with Crippen LogP contribution in [-0.2, 0) is 9.59 Å². The van der Waals surface area contributed by atoms with Crippen molar-refractivity contribution in [3.05, 3.63) is 33.8 Å². The molecule has 0 aromatic heterocycles. The maximum Gasteiger partial charge on any atom is 0.225 e. The highest BCUT2D eigenvalue weighted by atomic mass is 35.5. The van der Waals surface area contributed by atoms with E-state index in [1.165, 1.54) is 0 Å². The normalized spacial score (nSPS) is 19.8. The van der Waals surface area contributed by atoms with Crippen LogP contribution in [0.5, 0.6) is 0 Å². The number of likely N-dealkylation sites (tertiary alicyclic amines) is 1. The molecule has 22 heavy (non-hydrogen) atoms. The van der Waals surface area contributed by atoms with Gasteiger partial charge in [0, 0.05) is 23.1 Å². The molecule has 2 rings (SSSR count). The Kier molecular flexibility index (Phi) is 5.67. The van der Waals surface area contributed by atoms with Gasteiger partial charge < -0.3 is 15.7 Å². The van der Waals surface area contributed by atoms with Gasteiger partial charge in [-0.05, 0) is 36.6 Å². The minimum atomic E-state index is -0.988. The summed E-state index contributed by atoms with van der Waals surface area (Å²) < 4.78 is 0. The van der Waals surface area contributed by atoms with Gasteiger partial charge >= 0.3 is 0 Å². The Bertz CT molecular complexity index is 560. The standard InChI is InChI=1S/C15H18Cl2N2O3/c16-11-4-10(5-12(17)6-11)13(20)7-14(21)19-3-1-2-9(8-19)15(18)22/h4-6,9,13,20H,1-3,7-8H2,(H2,18,22). The summed E-state index contributed by atoms with van der Waals surface area (Å²) in [4.78, 5) is 25.1. The van der Waals surface area contributed by atoms with Crippen molar-refractivity contribution in [1.29, 1.82) is 0 Å². The van der Waals surface area contributed by atoms with Gasteiger partial charge in [-0.1, -0.05) is 23.2 Å². The smallest absolute Gasteiger partial charge is 0.225 e. The number of aliphatic hydroxyl groups excluding tert-OH is 1. The molecule has 1 aliphatic heterocycles. The molecule has 120 valence electrons. The number of halogens is 2. The molecule has 0 radical (unpaired) electrons. The number of carbonyl (C=O) groups excluding carboxylic acids is 2. The number of carbonyl (C=O) groups is 2. The van der Waals surface area contributed by atoms with Gasteiger partial charge in [-0.2, -0.15) is 0 Å². The number of nitrogens with zero attached hydrogens (tertiary/aromatic N) is 1. The van der Waals surface area contributed by atoms with Crippen LogP contribution in [-0.4, -0.2) is 34.9 Å². The molecular formula is C15H18Cl2N2O3. The highest BCUT2D eigenvalue weighted by molar-refractivity contribution is 6.34. The van der Waals surface area contributed by atoms with E-state index in [4.69, 9.17) is 28.9 Å². The Balaban J connectivity index is 2.00. The van der Waals surface area contributed by atoms with E-state index in [1.807, 2.05) is 0 Å². The second-order valence-electron chi connectivity index (χ2n) is 5.50. The third kappa shape index (κ3) is 4.35. The first kappa shape index (κ1) is 17.1. The third-order valence-corrected chi connectivity index (χ3v) is 4.25. The number of benzene rings is 1. The lowest BCUT2D eigenvalue weighted by molar-refractivity contribution is -0.136. The number of piperidine rings is 1. The summed E-state index contributed by atoms with van der Waals surface area (Å²) in [7, 11) is 0. The Hall–Kier alpha value is -1.30. The van der Waals surface area contributed by atoms with Gasteiger partial charge in [0.1, 0.15) is 0 Å². The van der Waals surface area contributed by atoms with Crippen molar-refractivity contribution in [3.8, 4) is 0 Å². The molecule has 3 N–H and O–H groups in total. The lowest BCUT2D eigenvalue weighted by Gasteiger charge is -2.31. The number of aliphatic hydroxyl groups is 1. The first-order valence-corrected chi connectivity index (χ1v) is 7.83. The molecule has 2 atom stereocenters. The third-order valence-electron chi connectivity index (χ3n) is 3.81. The van der Waals surface area contributed by atoms with Gasteiger partial charge in [-0.25, -0.2) is 0 Å². The number of primary amides is 1. The maximum atomic E-state index is 12.3. The zero-order valence-electron chi connectivity index (χ0n) is 12.0. The number of amides is 2. The Morgan fingerprint density at radius 1 is 1.32 bits per heavy atom. The molecule has 1 saturated heterocycles. The van der Waals surface area contributed by atoms with E-state index in [2.05, 4.69) is 0 Å². The zero-order valence-corrected chi connectivity index (χ0v) is 13.5. The summed E-state index contributed by atoms with van der Waals surface area (Å²) in [6, 6.07) is 4.71. The van der Waals surface area contributed by atoms with Gasteiger partial charge in [-0.3, -0.25) is 9.59 Å². The molecule has 2 unspecified atom stereocenters. The van der Waals surface area contributed by atoms with E-state index in [0.29, 0.717) is 35.1 Å². The van der Waals surface area contributed by atoms with Crippen LogP contribution in [0.2, 0.25) is 10.0 Å². The Labute approximate surface area is 139 Å². The molecule has 1 heterocycles. The van der Waals surface area contributed by atoms with Gasteiger partial charge in [0.2, 0.25) is 11.8 Å². The molecule has 7 heteroatoms. The van der Waals surface area contributed by atoms with E-state index in [0.717, 1.165) is 6.42 Å². The lowest BCUT2D eigenvalue weighted by atomic mass is 9.96. The number of nitrogens with two attached hydrogens (primary N) is 1. The Morgan fingerprint density at radius 2 is 1.95 bits per heavy atom. The van der Waals surface area contributed by atoms with Crippen LogP contribution in [0.3, 0.4) is 0 Å². The molecule has 0 saturated carbocycles. The van der Waals surface area contributed by atoms with Gasteiger partial charge in [0.05, 0.1) is 18.4 Å². The van der Waals surface area contributed by atoms with Gasteiger partial charge in [0.15, 0.2) is 0 Å². The SMILES string of the molecule is NC(=O)C1CCCN(C(=O)CC(O)c2cc(Cl)cc(Cl)c2)C1. The van der Waals surface area contributed by atoms with Gasteiger partial charge in [0.25, 0.3) is 0 Å². The van der Waals surface area contributed by atoms with Crippen molar-refractivity contribution in [2.24, 2.45) is 11.7 Å². The molecule has 1 fully saturated rings. The van der Waals surface area contributed by atoms with Crippen LogP contribution in [0.1, 0.15) is 30.9 Å². The fourth-order valence-electron chi connectivity index (χ4n) is 2.62. The Morgan fingerprint density at radius 3 is 2.55 bits per heavy atom. The molecule has 1 aliphatic rings. The first-order valence-electron chi connectivity index (χ1n) is 7.08. The largest absolute Gasteiger partial charge is 0.388 e. The van der Waals surface area contributed by atoms with E-state index in [9.17, 15) is 14.7 Å². The molecular weight excluding hydrogens is 327 g/mol. The second kappa shape index (κ2) is 7.31. The lowest BCUT2D eigenvalue weighted by Crippen LogP contribution is -2.44. The molecule has 2 amide bonds. The van der Waals surface area contributed by atoms with E-state index in [-0.39, 0.29) is 24.2 Å². The highest BCUT2D eigenvalue weighted by Gasteiger charge is 2.28. The predicted molar refractivity (Wildman–Crippen MR) is 84.5 cm³/mol. The van der Waals surface area contributed by atoms with Crippen LogP contribution in [0, 0.1) is 5.92 Å². The number of hydrogen-bond donors (Lipinski definition) is 2. The molecule has 0 aliphatic carbocycles. The fourth-order valence-corrected chi connectivity index (χ4v) is 3.16. The van der Waals surface area contributed by atoms with Crippen LogP contribution in [0.25, 0.3) is 0 Å². The monoisotopic (exact) mass is 344 g/mol. The summed E-state index contributed by atoms with van der Waals surface area (Å²) in [5.74, 6) is -0.912. The average Bonchev–Trinajstić information content (AvgIpc) is 2.46. The summed E-state index contributed by atoms with van der Waals surface area (Å²) in [5, 5.41) is 11.0. The van der Waals surface area contributed by atoms with E-state index < -0.39 is 6.10 Å². The van der Waals surface area contributed by atoms with Crippen molar-refractivity contribution < 1.29 is 14.7 Å². The van der Waals surface area contributed by atoms with Crippen LogP contribution >= 0.6 is 23.2 Å². The molecule has 1 aromatic carbocycles. The predicted octanol–water partition coefficient (Wildman–Crippen LogP) is 2.14. The van der Waals surface area contributed by atoms with Crippen molar-refractivity contribution in [2.45, 2.75) is 25.4 Å². The van der Waals surface area contributed by atoms with Crippen molar-refractivity contribution in [1.82, 2.24) is 4.90 Å². The average molecular weight is 345 g/mol. The van der Waals surface area contributed by atoms with Gasteiger partial charge in [-0.15, -0.1) is 0 Å². The van der Waals surface area contributed by atoms with Crippen molar-refractivity contribution in [2.75, 3.05) is 13.1 Å². The van der Waals surface area contributed by atoms with E-state index in [1.54, 1.807) is 23.1 Å². The minimum absolute atomic E-state index is 0.0812. The summed E-state index contributed by atoms with van der Waals surface area (Å²) in [6.07, 6.45) is 0.365. The summed E-state index contributed by atoms with van der Waals surface area (Å²) in [5.41, 5.74) is 5.79. The molecule has 1 aromatic rings. The first-order chi connectivity index (χ1) is 10.4. The second-order valence-corrected chi connectivity index (χ2v) is 6.38. The van der Waals surface area contributed by atoms with E-state index >= 15 is 0 Å².